The predicted octanol–water partition coefficient (Wildman–Crippen LogP) is 1.99. The first-order chi connectivity index (χ1) is 8.33. The minimum atomic E-state index is -0.0359. The maximum absolute atomic E-state index is 8.92. The van der Waals surface area contributed by atoms with Crippen molar-refractivity contribution < 1.29 is 5.11 Å². The van der Waals surface area contributed by atoms with Gasteiger partial charge in [0, 0.05) is 13.1 Å². The van der Waals surface area contributed by atoms with E-state index < -0.39 is 0 Å². The van der Waals surface area contributed by atoms with Gasteiger partial charge in [0.15, 0.2) is 5.82 Å². The first-order valence-electron chi connectivity index (χ1n) is 6.52. The van der Waals surface area contributed by atoms with Crippen molar-refractivity contribution in [2.45, 2.75) is 39.2 Å². The summed E-state index contributed by atoms with van der Waals surface area (Å²) in [6.07, 6.45) is 5.16. The number of rotatable bonds is 4. The van der Waals surface area contributed by atoms with E-state index in [1.165, 1.54) is 25.7 Å². The molecule has 0 aromatic carbocycles. The Balaban J connectivity index is 1.91. The molecule has 94 valence electrons. The maximum Gasteiger partial charge on any atom is 0.151 e. The summed E-state index contributed by atoms with van der Waals surface area (Å²) >= 11 is 0. The number of aliphatic hydroxyl groups is 1. The summed E-state index contributed by atoms with van der Waals surface area (Å²) in [7, 11) is 0. The van der Waals surface area contributed by atoms with E-state index in [-0.39, 0.29) is 6.61 Å². The Labute approximate surface area is 103 Å². The number of piperidine rings is 1. The number of hydrogen-bond donors (Lipinski definition) is 1. The molecule has 0 aliphatic carbocycles. The monoisotopic (exact) mass is 235 g/mol. The van der Waals surface area contributed by atoms with Crippen LogP contribution in [-0.4, -0.2) is 28.4 Å². The topological polar surface area (TPSA) is 49.2 Å². The van der Waals surface area contributed by atoms with E-state index in [1.54, 1.807) is 0 Å². The van der Waals surface area contributed by atoms with Crippen LogP contribution < -0.4 is 4.90 Å². The van der Waals surface area contributed by atoms with Crippen LogP contribution in [0.5, 0.6) is 0 Å². The fourth-order valence-electron chi connectivity index (χ4n) is 2.46. The number of nitrogens with zero attached hydrogens (tertiary/aromatic N) is 3. The zero-order valence-corrected chi connectivity index (χ0v) is 10.5. The number of aromatic nitrogens is 2. The van der Waals surface area contributed by atoms with Gasteiger partial charge in [-0.25, -0.2) is 0 Å². The lowest BCUT2D eigenvalue weighted by Gasteiger charge is -2.32. The fourth-order valence-corrected chi connectivity index (χ4v) is 2.46. The van der Waals surface area contributed by atoms with Gasteiger partial charge in [0.2, 0.25) is 0 Å². The van der Waals surface area contributed by atoms with E-state index >= 15 is 0 Å². The van der Waals surface area contributed by atoms with E-state index in [9.17, 15) is 0 Å². The van der Waals surface area contributed by atoms with Crippen LogP contribution in [-0.2, 0) is 6.61 Å². The van der Waals surface area contributed by atoms with Crippen molar-refractivity contribution in [3.63, 3.8) is 0 Å². The van der Waals surface area contributed by atoms with E-state index in [1.807, 2.05) is 12.1 Å². The molecule has 2 rings (SSSR count). The van der Waals surface area contributed by atoms with Gasteiger partial charge in [-0.3, -0.25) is 0 Å². The van der Waals surface area contributed by atoms with Crippen LogP contribution in [0.15, 0.2) is 12.1 Å². The Hall–Kier alpha value is -1.16. The lowest BCUT2D eigenvalue weighted by molar-refractivity contribution is 0.275. The Morgan fingerprint density at radius 1 is 1.29 bits per heavy atom. The summed E-state index contributed by atoms with van der Waals surface area (Å²) in [6.45, 7) is 4.38. The molecule has 0 atom stereocenters. The molecule has 1 N–H and O–H groups in total. The van der Waals surface area contributed by atoms with Crippen LogP contribution in [0.2, 0.25) is 0 Å². The SMILES string of the molecule is CCCC1CCN(c2ccc(CO)nn2)CC1. The molecule has 0 radical (unpaired) electrons. The highest BCUT2D eigenvalue weighted by atomic mass is 16.3. The van der Waals surface area contributed by atoms with Crippen LogP contribution >= 0.6 is 0 Å². The van der Waals surface area contributed by atoms with Crippen molar-refractivity contribution >= 4 is 5.82 Å². The van der Waals surface area contributed by atoms with Crippen LogP contribution in [0, 0.1) is 5.92 Å². The number of aliphatic hydroxyl groups excluding tert-OH is 1. The molecule has 1 aliphatic rings. The second kappa shape index (κ2) is 5.96. The van der Waals surface area contributed by atoms with Crippen LogP contribution in [0.1, 0.15) is 38.3 Å². The summed E-state index contributed by atoms with van der Waals surface area (Å²) in [5, 5.41) is 17.1. The quantitative estimate of drug-likeness (QED) is 0.867. The minimum absolute atomic E-state index is 0.0359. The number of anilines is 1. The van der Waals surface area contributed by atoms with Gasteiger partial charge in [-0.05, 0) is 30.9 Å². The van der Waals surface area contributed by atoms with Gasteiger partial charge in [-0.1, -0.05) is 19.8 Å². The molecular weight excluding hydrogens is 214 g/mol. The molecule has 1 aliphatic heterocycles. The average molecular weight is 235 g/mol. The molecule has 0 saturated carbocycles. The van der Waals surface area contributed by atoms with Crippen LogP contribution in [0.25, 0.3) is 0 Å². The van der Waals surface area contributed by atoms with Gasteiger partial charge in [-0.15, -0.1) is 5.10 Å². The molecule has 0 spiro atoms. The van der Waals surface area contributed by atoms with Crippen molar-refractivity contribution in [2.24, 2.45) is 5.92 Å². The first kappa shape index (κ1) is 12.3. The van der Waals surface area contributed by atoms with Gasteiger partial charge in [-0.2, -0.15) is 5.10 Å². The van der Waals surface area contributed by atoms with Gasteiger partial charge in [0.1, 0.15) is 0 Å². The van der Waals surface area contributed by atoms with Gasteiger partial charge >= 0.3 is 0 Å². The maximum atomic E-state index is 8.92. The molecule has 2 heterocycles. The molecule has 1 saturated heterocycles. The molecule has 17 heavy (non-hydrogen) atoms. The molecule has 1 aromatic heterocycles. The molecule has 4 nitrogen and oxygen atoms in total. The highest BCUT2D eigenvalue weighted by molar-refractivity contribution is 5.37. The van der Waals surface area contributed by atoms with Crippen molar-refractivity contribution in [3.05, 3.63) is 17.8 Å². The van der Waals surface area contributed by atoms with E-state index in [0.29, 0.717) is 5.69 Å². The number of hydrogen-bond acceptors (Lipinski definition) is 4. The molecule has 0 bridgehead atoms. The summed E-state index contributed by atoms with van der Waals surface area (Å²) < 4.78 is 0. The van der Waals surface area contributed by atoms with Gasteiger partial charge in [0.05, 0.1) is 12.3 Å². The molecule has 1 fully saturated rings. The van der Waals surface area contributed by atoms with Crippen molar-refractivity contribution in [1.29, 1.82) is 0 Å². The van der Waals surface area contributed by atoms with Crippen LogP contribution in [0.3, 0.4) is 0 Å². The Morgan fingerprint density at radius 3 is 2.59 bits per heavy atom. The summed E-state index contributed by atoms with van der Waals surface area (Å²) in [4.78, 5) is 2.29. The minimum Gasteiger partial charge on any atom is -0.390 e. The zero-order valence-electron chi connectivity index (χ0n) is 10.5. The van der Waals surface area contributed by atoms with Crippen molar-refractivity contribution in [1.82, 2.24) is 10.2 Å². The fraction of sp³-hybridized carbons (Fsp3) is 0.692. The highest BCUT2D eigenvalue weighted by Crippen LogP contribution is 2.24. The third-order valence-corrected chi connectivity index (χ3v) is 3.50. The third-order valence-electron chi connectivity index (χ3n) is 3.50. The second-order valence-electron chi connectivity index (χ2n) is 4.76. The second-order valence-corrected chi connectivity index (χ2v) is 4.76. The molecule has 0 unspecified atom stereocenters. The standard InChI is InChI=1S/C13H21N3O/c1-2-3-11-6-8-16(9-7-11)13-5-4-12(10-17)14-15-13/h4-5,11,17H,2-3,6-10H2,1H3. The van der Waals surface area contributed by atoms with E-state index in [2.05, 4.69) is 22.0 Å². The smallest absolute Gasteiger partial charge is 0.151 e. The third kappa shape index (κ3) is 3.16. The summed E-state index contributed by atoms with van der Waals surface area (Å²) in [5.74, 6) is 1.83. The van der Waals surface area contributed by atoms with Gasteiger partial charge < -0.3 is 10.0 Å². The van der Waals surface area contributed by atoms with E-state index in [4.69, 9.17) is 5.11 Å². The van der Waals surface area contributed by atoms with E-state index in [0.717, 1.165) is 24.8 Å². The molecule has 1 aromatic rings. The Morgan fingerprint density at radius 2 is 2.06 bits per heavy atom. The molecular formula is C13H21N3O. The lowest BCUT2D eigenvalue weighted by atomic mass is 9.92. The highest BCUT2D eigenvalue weighted by Gasteiger charge is 2.19. The average Bonchev–Trinajstić information content (AvgIpc) is 2.40. The van der Waals surface area contributed by atoms with Gasteiger partial charge in [0.25, 0.3) is 0 Å². The van der Waals surface area contributed by atoms with Crippen LogP contribution in [0.4, 0.5) is 5.82 Å². The lowest BCUT2D eigenvalue weighted by Crippen LogP contribution is -2.34. The predicted molar refractivity (Wildman–Crippen MR) is 67.8 cm³/mol. The summed E-state index contributed by atoms with van der Waals surface area (Å²) in [6, 6.07) is 3.80. The zero-order chi connectivity index (χ0) is 12.1. The Kier molecular flexibility index (Phi) is 4.31. The molecule has 4 heteroatoms. The summed E-state index contributed by atoms with van der Waals surface area (Å²) in [5.41, 5.74) is 0.634. The Bertz CT molecular complexity index is 331. The van der Waals surface area contributed by atoms with Crippen molar-refractivity contribution in [3.8, 4) is 0 Å². The normalized spacial score (nSPS) is 17.4. The largest absolute Gasteiger partial charge is 0.390 e. The first-order valence-corrected chi connectivity index (χ1v) is 6.52. The molecule has 0 amide bonds. The van der Waals surface area contributed by atoms with Crippen molar-refractivity contribution in [2.75, 3.05) is 18.0 Å².